The Balaban J connectivity index is 1.72. The fraction of sp³-hybridized carbons (Fsp3) is 0.474. The van der Waals surface area contributed by atoms with Crippen molar-refractivity contribution in [3.8, 4) is 5.75 Å². The van der Waals surface area contributed by atoms with E-state index in [0.717, 1.165) is 11.8 Å². The molecule has 0 bridgehead atoms. The summed E-state index contributed by atoms with van der Waals surface area (Å²) in [6, 6.07) is 7.07. The van der Waals surface area contributed by atoms with E-state index in [1.54, 1.807) is 31.4 Å². The fourth-order valence-corrected chi connectivity index (χ4v) is 3.57. The van der Waals surface area contributed by atoms with Crippen molar-refractivity contribution in [1.82, 2.24) is 4.31 Å². The number of piperidine rings is 1. The second kappa shape index (κ2) is 9.70. The summed E-state index contributed by atoms with van der Waals surface area (Å²) in [5, 5.41) is 0. The van der Waals surface area contributed by atoms with E-state index in [1.807, 2.05) is 0 Å². The van der Waals surface area contributed by atoms with E-state index in [0.29, 0.717) is 31.7 Å². The van der Waals surface area contributed by atoms with E-state index in [2.05, 4.69) is 6.58 Å². The quantitative estimate of drug-likeness (QED) is 0.474. The van der Waals surface area contributed by atoms with Gasteiger partial charge in [0.05, 0.1) is 19.8 Å². The Labute approximate surface area is 165 Å². The van der Waals surface area contributed by atoms with Gasteiger partial charge in [-0.25, -0.2) is 17.5 Å². The molecule has 28 heavy (non-hydrogen) atoms. The normalized spacial score (nSPS) is 15.6. The Kier molecular flexibility index (Phi) is 7.59. The molecule has 0 radical (unpaired) electrons. The van der Waals surface area contributed by atoms with Crippen molar-refractivity contribution in [2.45, 2.75) is 32.0 Å². The first-order valence-corrected chi connectivity index (χ1v) is 10.7. The summed E-state index contributed by atoms with van der Waals surface area (Å²) in [6.45, 7) is 4.27. The van der Waals surface area contributed by atoms with Crippen LogP contribution in [0.4, 0.5) is 0 Å². The van der Waals surface area contributed by atoms with Crippen molar-refractivity contribution in [3.05, 3.63) is 42.0 Å². The number of hydrogen-bond acceptors (Lipinski definition) is 7. The van der Waals surface area contributed by atoms with Gasteiger partial charge in [-0.05, 0) is 30.5 Å². The highest BCUT2D eigenvalue weighted by Gasteiger charge is 2.27. The highest BCUT2D eigenvalue weighted by molar-refractivity contribution is 7.88. The lowest BCUT2D eigenvalue weighted by Gasteiger charge is -2.29. The van der Waals surface area contributed by atoms with Crippen LogP contribution in [0.25, 0.3) is 0 Å². The molecule has 8 nitrogen and oxygen atoms in total. The zero-order valence-electron chi connectivity index (χ0n) is 16.0. The smallest absolute Gasteiger partial charge is 0.334 e. The van der Waals surface area contributed by atoms with Gasteiger partial charge in [0.25, 0.3) is 0 Å². The number of ether oxygens (including phenoxy) is 3. The summed E-state index contributed by atoms with van der Waals surface area (Å²) in [4.78, 5) is 24.0. The molecule has 0 spiro atoms. The van der Waals surface area contributed by atoms with Crippen LogP contribution in [0, 0.1) is 0 Å². The Morgan fingerprint density at radius 3 is 2.32 bits per heavy atom. The number of carbonyl (C=O) groups is 2. The van der Waals surface area contributed by atoms with Crippen LogP contribution in [0.2, 0.25) is 0 Å². The second-order valence-corrected chi connectivity index (χ2v) is 8.54. The van der Waals surface area contributed by atoms with Crippen LogP contribution >= 0.6 is 0 Å². The van der Waals surface area contributed by atoms with E-state index in [9.17, 15) is 18.0 Å². The molecule has 1 heterocycles. The molecule has 1 aromatic carbocycles. The maximum Gasteiger partial charge on any atom is 0.334 e. The molecule has 1 saturated heterocycles. The maximum absolute atomic E-state index is 12.1. The van der Waals surface area contributed by atoms with Crippen molar-refractivity contribution >= 4 is 22.0 Å². The number of esters is 2. The van der Waals surface area contributed by atoms with Crippen LogP contribution < -0.4 is 4.74 Å². The van der Waals surface area contributed by atoms with Gasteiger partial charge in [-0.15, -0.1) is 0 Å². The molecule has 0 aliphatic carbocycles. The molecular weight excluding hydrogens is 386 g/mol. The summed E-state index contributed by atoms with van der Waals surface area (Å²) in [6.07, 6.45) is 1.32. The first-order chi connectivity index (χ1) is 13.2. The third-order valence-electron chi connectivity index (χ3n) is 4.35. The van der Waals surface area contributed by atoms with E-state index in [-0.39, 0.29) is 18.6 Å². The lowest BCUT2D eigenvalue weighted by atomic mass is 10.1. The van der Waals surface area contributed by atoms with Crippen LogP contribution in [0.1, 0.15) is 24.8 Å². The summed E-state index contributed by atoms with van der Waals surface area (Å²) in [7, 11) is -1.67. The third kappa shape index (κ3) is 6.65. The fourth-order valence-electron chi connectivity index (χ4n) is 2.70. The molecule has 154 valence electrons. The summed E-state index contributed by atoms with van der Waals surface area (Å²) in [5.74, 6) is -0.544. The first kappa shape index (κ1) is 21.9. The van der Waals surface area contributed by atoms with E-state index >= 15 is 0 Å². The van der Waals surface area contributed by atoms with Crippen LogP contribution in [-0.4, -0.2) is 57.2 Å². The van der Waals surface area contributed by atoms with Crippen molar-refractivity contribution in [1.29, 1.82) is 0 Å². The lowest BCUT2D eigenvalue weighted by Crippen LogP contribution is -2.40. The number of carbonyl (C=O) groups excluding carboxylic acids is 2. The van der Waals surface area contributed by atoms with Gasteiger partial charge in [0.15, 0.2) is 0 Å². The lowest BCUT2D eigenvalue weighted by molar-refractivity contribution is -0.150. The summed E-state index contributed by atoms with van der Waals surface area (Å²) in [5.41, 5.74) is 0.797. The van der Waals surface area contributed by atoms with Gasteiger partial charge in [-0.2, -0.15) is 0 Å². The molecule has 0 amide bonds. The average molecular weight is 411 g/mol. The number of benzene rings is 1. The predicted octanol–water partition coefficient (Wildman–Crippen LogP) is 1.65. The molecule has 0 aromatic heterocycles. The Morgan fingerprint density at radius 1 is 1.18 bits per heavy atom. The number of rotatable bonds is 8. The molecule has 0 N–H and O–H groups in total. The summed E-state index contributed by atoms with van der Waals surface area (Å²) < 4.78 is 39.8. The maximum atomic E-state index is 12.1. The molecule has 1 aliphatic rings. The molecule has 9 heteroatoms. The number of sulfonamides is 1. The van der Waals surface area contributed by atoms with Crippen LogP contribution in [0.15, 0.2) is 36.4 Å². The Hall–Kier alpha value is -2.39. The molecule has 0 unspecified atom stereocenters. The van der Waals surface area contributed by atoms with Gasteiger partial charge >= 0.3 is 11.9 Å². The largest absolute Gasteiger partial charge is 0.497 e. The van der Waals surface area contributed by atoms with Gasteiger partial charge in [-0.3, -0.25) is 4.79 Å². The number of nitrogens with zero attached hydrogens (tertiary/aromatic N) is 1. The number of hydrogen-bond donors (Lipinski definition) is 0. The van der Waals surface area contributed by atoms with Crippen LogP contribution in [-0.2, 0) is 35.7 Å². The monoisotopic (exact) mass is 411 g/mol. The molecule has 0 saturated carbocycles. The van der Waals surface area contributed by atoms with Crippen molar-refractivity contribution in [2.24, 2.45) is 0 Å². The molecule has 1 aliphatic heterocycles. The third-order valence-corrected chi connectivity index (χ3v) is 5.65. The minimum Gasteiger partial charge on any atom is -0.497 e. The topological polar surface area (TPSA) is 99.2 Å². The van der Waals surface area contributed by atoms with Crippen molar-refractivity contribution < 1.29 is 32.2 Å². The standard InChI is InChI=1S/C19H25NO7S/c1-14(12-18(21)26-13-15-4-6-16(25-2)7-5-15)19(22)27-17-8-10-20(11-9-17)28(3,23)24/h4-7,17H,1,8-13H2,2-3H3. The molecule has 1 aromatic rings. The zero-order chi connectivity index (χ0) is 20.7. The van der Waals surface area contributed by atoms with Crippen molar-refractivity contribution in [2.75, 3.05) is 26.5 Å². The van der Waals surface area contributed by atoms with Gasteiger partial charge in [0.2, 0.25) is 10.0 Å². The van der Waals surface area contributed by atoms with Gasteiger partial charge in [0.1, 0.15) is 18.5 Å². The van der Waals surface area contributed by atoms with Crippen molar-refractivity contribution in [3.63, 3.8) is 0 Å². The average Bonchev–Trinajstić information content (AvgIpc) is 2.66. The van der Waals surface area contributed by atoms with E-state index in [1.165, 1.54) is 4.31 Å². The SMILES string of the molecule is C=C(CC(=O)OCc1ccc(OC)cc1)C(=O)OC1CCN(S(C)(=O)=O)CC1. The van der Waals surface area contributed by atoms with Crippen LogP contribution in [0.3, 0.4) is 0 Å². The minimum absolute atomic E-state index is 0.00488. The zero-order valence-corrected chi connectivity index (χ0v) is 16.9. The first-order valence-electron chi connectivity index (χ1n) is 8.81. The van der Waals surface area contributed by atoms with Gasteiger partial charge in [0, 0.05) is 18.7 Å². The number of methoxy groups -OCH3 is 1. The molecule has 1 fully saturated rings. The Bertz CT molecular complexity index is 809. The predicted molar refractivity (Wildman–Crippen MR) is 102 cm³/mol. The highest BCUT2D eigenvalue weighted by atomic mass is 32.2. The summed E-state index contributed by atoms with van der Waals surface area (Å²) >= 11 is 0. The minimum atomic E-state index is -3.24. The van der Waals surface area contributed by atoms with Gasteiger partial charge < -0.3 is 14.2 Å². The molecule has 0 atom stereocenters. The molecule has 2 rings (SSSR count). The molecular formula is C19H25NO7S. The van der Waals surface area contributed by atoms with E-state index in [4.69, 9.17) is 14.2 Å². The van der Waals surface area contributed by atoms with Crippen LogP contribution in [0.5, 0.6) is 5.75 Å². The highest BCUT2D eigenvalue weighted by Crippen LogP contribution is 2.18. The van der Waals surface area contributed by atoms with E-state index < -0.39 is 28.1 Å². The van der Waals surface area contributed by atoms with Gasteiger partial charge in [-0.1, -0.05) is 18.7 Å². The Morgan fingerprint density at radius 2 is 1.79 bits per heavy atom. The second-order valence-electron chi connectivity index (χ2n) is 6.56.